The van der Waals surface area contributed by atoms with Gasteiger partial charge in [0.05, 0.1) is 48.8 Å². The van der Waals surface area contributed by atoms with Crippen LogP contribution in [0.25, 0.3) is 22.0 Å². The van der Waals surface area contributed by atoms with E-state index in [-0.39, 0.29) is 5.91 Å². The Labute approximate surface area is 157 Å². The van der Waals surface area contributed by atoms with Crippen LogP contribution in [0.1, 0.15) is 23.0 Å². The van der Waals surface area contributed by atoms with Gasteiger partial charge in [-0.2, -0.15) is 0 Å². The lowest BCUT2D eigenvalue weighted by molar-refractivity contribution is 0.0787. The molecule has 2 heterocycles. The number of aromatic nitrogens is 1. The molecule has 4 rings (SSSR count). The fraction of sp³-hybridized carbons (Fsp3) is 0.238. The minimum absolute atomic E-state index is 0.0559. The summed E-state index contributed by atoms with van der Waals surface area (Å²) in [6.45, 7) is 3.05. The van der Waals surface area contributed by atoms with Crippen LogP contribution in [0.15, 0.2) is 36.4 Å². The van der Waals surface area contributed by atoms with Crippen LogP contribution < -0.4 is 15.2 Å². The van der Waals surface area contributed by atoms with Crippen molar-refractivity contribution in [1.82, 2.24) is 9.88 Å². The van der Waals surface area contributed by atoms with E-state index in [0.29, 0.717) is 41.5 Å². The number of methoxy groups -OCH3 is 2. The van der Waals surface area contributed by atoms with E-state index in [0.717, 1.165) is 22.0 Å². The Morgan fingerprint density at radius 2 is 1.74 bits per heavy atom. The van der Waals surface area contributed by atoms with Crippen LogP contribution >= 0.6 is 0 Å². The first-order valence-electron chi connectivity index (χ1n) is 8.82. The van der Waals surface area contributed by atoms with Crippen molar-refractivity contribution >= 4 is 22.5 Å². The van der Waals surface area contributed by atoms with Gasteiger partial charge in [0.1, 0.15) is 11.5 Å². The van der Waals surface area contributed by atoms with Gasteiger partial charge in [0.15, 0.2) is 0 Å². The minimum Gasteiger partial charge on any atom is -0.496 e. The number of fused-ring (bicyclic) bond motifs is 2. The van der Waals surface area contributed by atoms with E-state index in [1.165, 1.54) is 0 Å². The molecule has 1 aliphatic rings. The highest BCUT2D eigenvalue weighted by Gasteiger charge is 2.31. The Kier molecular flexibility index (Phi) is 4.11. The van der Waals surface area contributed by atoms with E-state index in [9.17, 15) is 4.79 Å². The lowest BCUT2D eigenvalue weighted by atomic mass is 9.97. The first-order chi connectivity index (χ1) is 13.1. The molecule has 1 aromatic heterocycles. The van der Waals surface area contributed by atoms with E-state index >= 15 is 0 Å². The van der Waals surface area contributed by atoms with Gasteiger partial charge in [-0.25, -0.2) is 4.98 Å². The van der Waals surface area contributed by atoms with Crippen molar-refractivity contribution in [2.24, 2.45) is 0 Å². The Morgan fingerprint density at radius 1 is 1.07 bits per heavy atom. The van der Waals surface area contributed by atoms with Crippen LogP contribution in [0.4, 0.5) is 5.69 Å². The maximum Gasteiger partial charge on any atom is 0.258 e. The number of carbonyl (C=O) groups is 1. The summed E-state index contributed by atoms with van der Waals surface area (Å²) in [5.74, 6) is 1.32. The number of hydrogen-bond acceptors (Lipinski definition) is 5. The van der Waals surface area contributed by atoms with Crippen LogP contribution in [0.5, 0.6) is 11.5 Å². The Balaban J connectivity index is 2.04. The van der Waals surface area contributed by atoms with Gasteiger partial charge in [-0.3, -0.25) is 4.79 Å². The van der Waals surface area contributed by atoms with Crippen molar-refractivity contribution in [3.63, 3.8) is 0 Å². The van der Waals surface area contributed by atoms with E-state index in [1.54, 1.807) is 19.1 Å². The number of amides is 1. The molecule has 2 aromatic carbocycles. The van der Waals surface area contributed by atoms with Crippen molar-refractivity contribution in [2.75, 3.05) is 26.5 Å². The fourth-order valence-electron chi connectivity index (χ4n) is 3.70. The van der Waals surface area contributed by atoms with E-state index in [2.05, 4.69) is 0 Å². The Bertz CT molecular complexity index is 1040. The van der Waals surface area contributed by atoms with Crippen LogP contribution in [-0.4, -0.2) is 36.6 Å². The van der Waals surface area contributed by atoms with Crippen LogP contribution in [-0.2, 0) is 6.54 Å². The summed E-state index contributed by atoms with van der Waals surface area (Å²) in [4.78, 5) is 19.2. The molecule has 1 amide bonds. The standard InChI is InChI=1S/C21H21N3O3/c1-4-24-11-14-18(21(24)25)19(22)13-8-5-7-12(20(13)23-14)17-15(26-2)9-6-10-16(17)27-3/h5-10H,4,11H2,1-3H3,(H2,22,23). The van der Waals surface area contributed by atoms with Crippen molar-refractivity contribution in [2.45, 2.75) is 13.5 Å². The molecule has 6 heteroatoms. The average Bonchev–Trinajstić information content (AvgIpc) is 3.03. The van der Waals surface area contributed by atoms with Crippen molar-refractivity contribution in [1.29, 1.82) is 0 Å². The van der Waals surface area contributed by atoms with E-state index in [1.807, 2.05) is 43.3 Å². The molecule has 0 spiro atoms. The van der Waals surface area contributed by atoms with Gasteiger partial charge in [0.2, 0.25) is 0 Å². The van der Waals surface area contributed by atoms with Gasteiger partial charge in [-0.05, 0) is 19.1 Å². The second kappa shape index (κ2) is 6.46. The number of hydrogen-bond donors (Lipinski definition) is 1. The Hall–Kier alpha value is -3.28. The summed E-state index contributed by atoms with van der Waals surface area (Å²) >= 11 is 0. The van der Waals surface area contributed by atoms with Crippen molar-refractivity contribution < 1.29 is 14.3 Å². The SMILES string of the molecule is CCN1Cc2nc3c(-c4c(OC)cccc4OC)cccc3c(N)c2C1=O. The van der Waals surface area contributed by atoms with Crippen LogP contribution in [0.3, 0.4) is 0 Å². The smallest absolute Gasteiger partial charge is 0.258 e. The summed E-state index contributed by atoms with van der Waals surface area (Å²) in [7, 11) is 3.25. The number of carbonyl (C=O) groups excluding carboxylic acids is 1. The predicted molar refractivity (Wildman–Crippen MR) is 105 cm³/mol. The highest BCUT2D eigenvalue weighted by atomic mass is 16.5. The molecule has 0 saturated carbocycles. The summed E-state index contributed by atoms with van der Waals surface area (Å²) in [5.41, 5.74) is 10.5. The number of rotatable bonds is 4. The zero-order valence-corrected chi connectivity index (χ0v) is 15.6. The highest BCUT2D eigenvalue weighted by molar-refractivity contribution is 6.11. The number of pyridine rings is 1. The monoisotopic (exact) mass is 363 g/mol. The first-order valence-corrected chi connectivity index (χ1v) is 8.82. The minimum atomic E-state index is -0.0559. The van der Waals surface area contributed by atoms with Crippen LogP contribution in [0, 0.1) is 0 Å². The number of ether oxygens (including phenoxy) is 2. The molecular formula is C21H21N3O3. The average molecular weight is 363 g/mol. The quantitative estimate of drug-likeness (QED) is 0.768. The number of anilines is 1. The maximum absolute atomic E-state index is 12.6. The molecule has 0 unspecified atom stereocenters. The van der Waals surface area contributed by atoms with Gasteiger partial charge in [-0.1, -0.05) is 24.3 Å². The van der Waals surface area contributed by atoms with Gasteiger partial charge in [-0.15, -0.1) is 0 Å². The number of para-hydroxylation sites is 1. The number of nitrogens with two attached hydrogens (primary N) is 1. The van der Waals surface area contributed by atoms with Crippen LogP contribution in [0.2, 0.25) is 0 Å². The maximum atomic E-state index is 12.6. The predicted octanol–water partition coefficient (Wildman–Crippen LogP) is 3.48. The third-order valence-electron chi connectivity index (χ3n) is 5.05. The summed E-state index contributed by atoms with van der Waals surface area (Å²) in [5, 5.41) is 0.755. The van der Waals surface area contributed by atoms with Gasteiger partial charge in [0.25, 0.3) is 5.91 Å². The fourth-order valence-corrected chi connectivity index (χ4v) is 3.70. The molecule has 2 N–H and O–H groups in total. The van der Waals surface area contributed by atoms with Gasteiger partial charge < -0.3 is 20.1 Å². The van der Waals surface area contributed by atoms with Gasteiger partial charge >= 0.3 is 0 Å². The second-order valence-corrected chi connectivity index (χ2v) is 6.41. The van der Waals surface area contributed by atoms with Gasteiger partial charge in [0, 0.05) is 17.5 Å². The highest BCUT2D eigenvalue weighted by Crippen LogP contribution is 2.43. The third-order valence-corrected chi connectivity index (χ3v) is 5.05. The normalized spacial score (nSPS) is 13.1. The molecule has 6 nitrogen and oxygen atoms in total. The molecule has 3 aromatic rings. The molecule has 0 fully saturated rings. The second-order valence-electron chi connectivity index (χ2n) is 6.41. The van der Waals surface area contributed by atoms with Crippen molar-refractivity contribution in [3.05, 3.63) is 47.7 Å². The first kappa shape index (κ1) is 17.1. The lowest BCUT2D eigenvalue weighted by Crippen LogP contribution is -2.23. The number of nitrogens with zero attached hydrogens (tertiary/aromatic N) is 2. The third kappa shape index (κ3) is 2.48. The van der Waals surface area contributed by atoms with E-state index < -0.39 is 0 Å². The molecule has 0 aliphatic carbocycles. The number of benzene rings is 2. The molecule has 0 radical (unpaired) electrons. The largest absolute Gasteiger partial charge is 0.496 e. The topological polar surface area (TPSA) is 77.7 Å². The zero-order valence-electron chi connectivity index (χ0n) is 15.6. The molecule has 27 heavy (non-hydrogen) atoms. The zero-order chi connectivity index (χ0) is 19.1. The number of nitrogen functional groups attached to an aromatic ring is 1. The lowest BCUT2D eigenvalue weighted by Gasteiger charge is -2.16. The molecule has 0 saturated heterocycles. The summed E-state index contributed by atoms with van der Waals surface area (Å²) in [6, 6.07) is 11.4. The van der Waals surface area contributed by atoms with E-state index in [4.69, 9.17) is 20.2 Å². The summed E-state index contributed by atoms with van der Waals surface area (Å²) < 4.78 is 11.1. The van der Waals surface area contributed by atoms with Crippen molar-refractivity contribution in [3.8, 4) is 22.6 Å². The molecular weight excluding hydrogens is 342 g/mol. The molecule has 0 atom stereocenters. The molecule has 0 bridgehead atoms. The molecule has 138 valence electrons. The Morgan fingerprint density at radius 3 is 2.37 bits per heavy atom. The summed E-state index contributed by atoms with van der Waals surface area (Å²) in [6.07, 6.45) is 0. The molecule has 1 aliphatic heterocycles.